The molecule has 0 fully saturated rings. The molecule has 0 unspecified atom stereocenters. The van der Waals surface area contributed by atoms with Gasteiger partial charge in [0.15, 0.2) is 11.0 Å². The third kappa shape index (κ3) is 5.09. The van der Waals surface area contributed by atoms with Crippen LogP contribution in [0.1, 0.15) is 13.8 Å². The van der Waals surface area contributed by atoms with Crippen molar-refractivity contribution in [3.8, 4) is 11.4 Å². The predicted molar refractivity (Wildman–Crippen MR) is 126 cm³/mol. The van der Waals surface area contributed by atoms with Gasteiger partial charge in [-0.15, -0.1) is 10.2 Å². The highest BCUT2D eigenvalue weighted by Crippen LogP contribution is 2.30. The van der Waals surface area contributed by atoms with Gasteiger partial charge < -0.3 is 14.8 Å². The number of nitrogens with one attached hydrogen (secondary N) is 1. The van der Waals surface area contributed by atoms with Gasteiger partial charge in [0, 0.05) is 31.4 Å². The second-order valence-electron chi connectivity index (χ2n) is 6.52. The Balaban J connectivity index is 1.66. The van der Waals surface area contributed by atoms with Crippen LogP contribution >= 0.6 is 35.0 Å². The van der Waals surface area contributed by atoms with E-state index in [1.54, 1.807) is 18.2 Å². The molecule has 0 saturated heterocycles. The van der Waals surface area contributed by atoms with E-state index < -0.39 is 0 Å². The summed E-state index contributed by atoms with van der Waals surface area (Å²) in [4.78, 5) is 14.6. The summed E-state index contributed by atoms with van der Waals surface area (Å²) >= 11 is 13.5. The molecule has 0 radical (unpaired) electrons. The number of aromatic nitrogens is 3. The number of para-hydroxylation sites is 1. The molecule has 1 heterocycles. The average molecular weight is 464 g/mol. The van der Waals surface area contributed by atoms with Crippen molar-refractivity contribution in [2.45, 2.75) is 19.0 Å². The van der Waals surface area contributed by atoms with Gasteiger partial charge in [0.25, 0.3) is 0 Å². The average Bonchev–Trinajstić information content (AvgIpc) is 3.11. The molecule has 3 rings (SSSR count). The molecule has 158 valence electrons. The van der Waals surface area contributed by atoms with Crippen LogP contribution in [0.2, 0.25) is 10.0 Å². The fourth-order valence-corrected chi connectivity index (χ4v) is 4.23. The van der Waals surface area contributed by atoms with Crippen molar-refractivity contribution in [1.29, 1.82) is 0 Å². The Kier molecular flexibility index (Phi) is 7.64. The predicted octanol–water partition coefficient (Wildman–Crippen LogP) is 5.37. The van der Waals surface area contributed by atoms with E-state index in [0.29, 0.717) is 20.9 Å². The lowest BCUT2D eigenvalue weighted by molar-refractivity contribution is -0.113. The lowest BCUT2D eigenvalue weighted by atomic mass is 10.2. The number of benzene rings is 2. The summed E-state index contributed by atoms with van der Waals surface area (Å²) in [5.41, 5.74) is 2.56. The summed E-state index contributed by atoms with van der Waals surface area (Å²) in [7, 11) is 1.89. The lowest BCUT2D eigenvalue weighted by Gasteiger charge is -2.21. The van der Waals surface area contributed by atoms with Crippen LogP contribution in [-0.2, 0) is 11.8 Å². The zero-order valence-electron chi connectivity index (χ0n) is 17.0. The van der Waals surface area contributed by atoms with Crippen molar-refractivity contribution in [1.82, 2.24) is 14.8 Å². The first-order valence-electron chi connectivity index (χ1n) is 9.56. The van der Waals surface area contributed by atoms with Crippen LogP contribution in [-0.4, -0.2) is 39.5 Å². The number of hydrogen-bond donors (Lipinski definition) is 1. The highest BCUT2D eigenvalue weighted by atomic mass is 35.5. The van der Waals surface area contributed by atoms with Crippen molar-refractivity contribution in [3.05, 3.63) is 52.5 Å². The fraction of sp³-hybridized carbons (Fsp3) is 0.286. The minimum atomic E-state index is -0.219. The van der Waals surface area contributed by atoms with Crippen LogP contribution in [0, 0.1) is 0 Å². The monoisotopic (exact) mass is 463 g/mol. The highest BCUT2D eigenvalue weighted by molar-refractivity contribution is 7.99. The zero-order valence-corrected chi connectivity index (χ0v) is 19.4. The molecule has 1 amide bonds. The molecule has 0 bridgehead atoms. The molecular weight excluding hydrogens is 441 g/mol. The van der Waals surface area contributed by atoms with Gasteiger partial charge in [0.05, 0.1) is 21.5 Å². The second-order valence-corrected chi connectivity index (χ2v) is 8.27. The third-order valence-corrected chi connectivity index (χ3v) is 6.30. The number of halogens is 2. The summed E-state index contributed by atoms with van der Waals surface area (Å²) in [5, 5.41) is 12.7. The number of carbonyl (C=O) groups is 1. The number of carbonyl (C=O) groups excluding carboxylic acids is 1. The summed E-state index contributed by atoms with van der Waals surface area (Å²) in [6, 6.07) is 13.3. The standard InChI is InChI=1S/C21H23Cl2N5OS/c1-4-28(5-2)15-11-9-14(10-12-15)20-25-26-21(27(20)3)30-13-18(29)24-19-16(22)7-6-8-17(19)23/h6-12H,4-5,13H2,1-3H3,(H,24,29). The molecule has 2 aromatic carbocycles. The Morgan fingerprint density at radius 3 is 2.30 bits per heavy atom. The van der Waals surface area contributed by atoms with Gasteiger partial charge in [-0.05, 0) is 50.2 Å². The summed E-state index contributed by atoms with van der Waals surface area (Å²) < 4.78 is 1.88. The van der Waals surface area contributed by atoms with Gasteiger partial charge in [0.2, 0.25) is 5.91 Å². The van der Waals surface area contributed by atoms with Crippen LogP contribution in [0.3, 0.4) is 0 Å². The molecular formula is C21H23Cl2N5OS. The van der Waals surface area contributed by atoms with Crippen molar-refractivity contribution in [3.63, 3.8) is 0 Å². The lowest BCUT2D eigenvalue weighted by Crippen LogP contribution is -2.21. The molecule has 30 heavy (non-hydrogen) atoms. The fourth-order valence-electron chi connectivity index (χ4n) is 3.02. The van der Waals surface area contributed by atoms with Crippen molar-refractivity contribution in [2.24, 2.45) is 7.05 Å². The first-order valence-corrected chi connectivity index (χ1v) is 11.3. The van der Waals surface area contributed by atoms with Crippen molar-refractivity contribution >= 4 is 52.2 Å². The summed E-state index contributed by atoms with van der Waals surface area (Å²) in [6.45, 7) is 6.20. The van der Waals surface area contributed by atoms with E-state index in [1.807, 2.05) is 23.7 Å². The first-order chi connectivity index (χ1) is 14.4. The smallest absolute Gasteiger partial charge is 0.234 e. The topological polar surface area (TPSA) is 63.1 Å². The number of anilines is 2. The van der Waals surface area contributed by atoms with Gasteiger partial charge in [-0.1, -0.05) is 41.0 Å². The number of amides is 1. The molecule has 0 aliphatic rings. The van der Waals surface area contributed by atoms with E-state index in [9.17, 15) is 4.79 Å². The number of thioether (sulfide) groups is 1. The Hall–Kier alpha value is -2.22. The minimum absolute atomic E-state index is 0.161. The number of rotatable bonds is 8. The minimum Gasteiger partial charge on any atom is -0.372 e. The highest BCUT2D eigenvalue weighted by Gasteiger charge is 2.15. The Morgan fingerprint density at radius 1 is 1.07 bits per heavy atom. The Bertz CT molecular complexity index is 998. The molecule has 3 aromatic rings. The van der Waals surface area contributed by atoms with Crippen molar-refractivity contribution in [2.75, 3.05) is 29.1 Å². The largest absolute Gasteiger partial charge is 0.372 e. The van der Waals surface area contributed by atoms with Crippen LogP contribution in [0.4, 0.5) is 11.4 Å². The maximum absolute atomic E-state index is 12.3. The third-order valence-electron chi connectivity index (χ3n) is 4.65. The van der Waals surface area contributed by atoms with E-state index >= 15 is 0 Å². The molecule has 0 spiro atoms. The second kappa shape index (κ2) is 10.2. The van der Waals surface area contributed by atoms with Crippen LogP contribution in [0.5, 0.6) is 0 Å². The van der Waals surface area contributed by atoms with Crippen molar-refractivity contribution < 1.29 is 4.79 Å². The normalized spacial score (nSPS) is 10.8. The summed E-state index contributed by atoms with van der Waals surface area (Å²) in [6.07, 6.45) is 0. The van der Waals surface area contributed by atoms with E-state index in [2.05, 4.69) is 46.4 Å². The maximum atomic E-state index is 12.3. The first kappa shape index (κ1) is 22.5. The number of nitrogens with zero attached hydrogens (tertiary/aromatic N) is 4. The van der Waals surface area contributed by atoms with Gasteiger partial charge in [-0.3, -0.25) is 4.79 Å². The Morgan fingerprint density at radius 2 is 1.70 bits per heavy atom. The molecule has 0 atom stereocenters. The zero-order chi connectivity index (χ0) is 21.7. The van der Waals surface area contributed by atoms with Gasteiger partial charge in [-0.25, -0.2) is 0 Å². The van der Waals surface area contributed by atoms with Crippen LogP contribution in [0.25, 0.3) is 11.4 Å². The van der Waals surface area contributed by atoms with Crippen LogP contribution in [0.15, 0.2) is 47.6 Å². The summed E-state index contributed by atoms with van der Waals surface area (Å²) in [5.74, 6) is 0.690. The van der Waals surface area contributed by atoms with E-state index in [-0.39, 0.29) is 11.7 Å². The number of hydrogen-bond acceptors (Lipinski definition) is 5. The maximum Gasteiger partial charge on any atom is 0.234 e. The van der Waals surface area contributed by atoms with Gasteiger partial charge in [-0.2, -0.15) is 0 Å². The molecule has 9 heteroatoms. The molecule has 1 aromatic heterocycles. The molecule has 0 aliphatic heterocycles. The van der Waals surface area contributed by atoms with E-state index in [1.165, 1.54) is 17.4 Å². The molecule has 6 nitrogen and oxygen atoms in total. The van der Waals surface area contributed by atoms with Gasteiger partial charge >= 0.3 is 0 Å². The van der Waals surface area contributed by atoms with E-state index in [0.717, 1.165) is 24.5 Å². The molecule has 0 aliphatic carbocycles. The SMILES string of the molecule is CCN(CC)c1ccc(-c2nnc(SCC(=O)Nc3c(Cl)cccc3Cl)n2C)cc1. The van der Waals surface area contributed by atoms with E-state index in [4.69, 9.17) is 23.2 Å². The Labute approximate surface area is 190 Å². The molecule has 1 N–H and O–H groups in total. The van der Waals surface area contributed by atoms with Crippen LogP contribution < -0.4 is 10.2 Å². The quantitative estimate of drug-likeness (QED) is 0.455. The van der Waals surface area contributed by atoms with Gasteiger partial charge in [0.1, 0.15) is 0 Å². The molecule has 0 saturated carbocycles.